The highest BCUT2D eigenvalue weighted by atomic mass is 32.2. The van der Waals surface area contributed by atoms with Gasteiger partial charge in [0, 0.05) is 6.61 Å². The third-order valence-corrected chi connectivity index (χ3v) is 6.60. The van der Waals surface area contributed by atoms with Gasteiger partial charge in [-0.3, -0.25) is 4.18 Å². The molecule has 0 aromatic heterocycles. The number of aliphatic hydroxyl groups is 1. The zero-order valence-electron chi connectivity index (χ0n) is 19.0. The van der Waals surface area contributed by atoms with Crippen molar-refractivity contribution in [3.63, 3.8) is 0 Å². The quantitative estimate of drug-likeness (QED) is 0.217. The van der Waals surface area contributed by atoms with Gasteiger partial charge in [-0.1, -0.05) is 95.2 Å². The van der Waals surface area contributed by atoms with Crippen molar-refractivity contribution in [1.29, 1.82) is 0 Å². The lowest BCUT2D eigenvalue weighted by Gasteiger charge is -2.15. The highest BCUT2D eigenvalue weighted by Gasteiger charge is 2.21. The second-order valence-corrected chi connectivity index (χ2v) is 9.70. The van der Waals surface area contributed by atoms with Gasteiger partial charge < -0.3 is 9.84 Å². The first kappa shape index (κ1) is 27.1. The summed E-state index contributed by atoms with van der Waals surface area (Å²) in [6.45, 7) is 4.36. The summed E-state index contributed by atoms with van der Waals surface area (Å²) < 4.78 is 35.2. The van der Waals surface area contributed by atoms with E-state index in [-0.39, 0.29) is 11.5 Å². The van der Waals surface area contributed by atoms with Crippen molar-refractivity contribution >= 4 is 10.1 Å². The Balaban J connectivity index is 2.05. The highest BCUT2D eigenvalue weighted by molar-refractivity contribution is 7.86. The molecular formula is C24H42O5S. The maximum atomic E-state index is 12.3. The van der Waals surface area contributed by atoms with Crippen LogP contribution in [0.1, 0.15) is 89.5 Å². The molecule has 30 heavy (non-hydrogen) atoms. The van der Waals surface area contributed by atoms with E-state index in [0.29, 0.717) is 6.61 Å². The molecule has 1 N–H and O–H groups in total. The summed E-state index contributed by atoms with van der Waals surface area (Å²) in [5.74, 6) is 0. The lowest BCUT2D eigenvalue weighted by Crippen LogP contribution is -2.27. The Hall–Kier alpha value is -0.950. The van der Waals surface area contributed by atoms with Crippen LogP contribution in [0.3, 0.4) is 0 Å². The summed E-state index contributed by atoms with van der Waals surface area (Å²) in [5.41, 5.74) is 0.971. The van der Waals surface area contributed by atoms with E-state index >= 15 is 0 Å². The fraction of sp³-hybridized carbons (Fsp3) is 0.750. The molecule has 1 atom stereocenters. The van der Waals surface area contributed by atoms with Gasteiger partial charge in [-0.25, -0.2) is 0 Å². The average molecular weight is 443 g/mol. The first-order valence-electron chi connectivity index (χ1n) is 11.7. The Morgan fingerprint density at radius 1 is 0.833 bits per heavy atom. The lowest BCUT2D eigenvalue weighted by atomic mass is 10.1. The van der Waals surface area contributed by atoms with Crippen LogP contribution in [0.4, 0.5) is 0 Å². The number of aliphatic hydroxyl groups excluding tert-OH is 1. The second kappa shape index (κ2) is 16.7. The molecule has 1 aromatic carbocycles. The molecule has 0 aliphatic heterocycles. The molecule has 0 spiro atoms. The monoisotopic (exact) mass is 442 g/mol. The standard InChI is InChI=1S/C24H42O5S/c1-3-4-5-6-7-8-9-10-11-12-13-14-19-28-21-23(20-25)29-30(26,27)24-17-15-22(2)16-18-24/h15-18,23,25H,3-14,19-21H2,1-2H3. The van der Waals surface area contributed by atoms with Crippen molar-refractivity contribution < 1.29 is 22.4 Å². The first-order chi connectivity index (χ1) is 14.5. The molecular weight excluding hydrogens is 400 g/mol. The van der Waals surface area contributed by atoms with Crippen LogP contribution in [-0.4, -0.2) is 39.4 Å². The van der Waals surface area contributed by atoms with E-state index in [2.05, 4.69) is 6.92 Å². The van der Waals surface area contributed by atoms with Crippen LogP contribution in [0, 0.1) is 6.92 Å². The predicted molar refractivity (Wildman–Crippen MR) is 122 cm³/mol. The van der Waals surface area contributed by atoms with Gasteiger partial charge in [0.2, 0.25) is 0 Å². The van der Waals surface area contributed by atoms with Crippen molar-refractivity contribution in [2.75, 3.05) is 19.8 Å². The van der Waals surface area contributed by atoms with Crippen LogP contribution >= 0.6 is 0 Å². The van der Waals surface area contributed by atoms with E-state index in [4.69, 9.17) is 8.92 Å². The Labute approximate surface area is 184 Å². The first-order valence-corrected chi connectivity index (χ1v) is 13.1. The molecule has 0 radical (unpaired) electrons. The van der Waals surface area contributed by atoms with Crippen molar-refractivity contribution in [1.82, 2.24) is 0 Å². The molecule has 0 saturated heterocycles. The van der Waals surface area contributed by atoms with Crippen LogP contribution in [0.2, 0.25) is 0 Å². The van der Waals surface area contributed by atoms with Crippen molar-refractivity contribution in [2.24, 2.45) is 0 Å². The fourth-order valence-electron chi connectivity index (χ4n) is 3.31. The summed E-state index contributed by atoms with van der Waals surface area (Å²) in [6, 6.07) is 6.45. The molecule has 0 amide bonds. The Bertz CT molecular complexity index is 628. The third kappa shape index (κ3) is 12.7. The summed E-state index contributed by atoms with van der Waals surface area (Å²) in [6.07, 6.45) is 14.5. The fourth-order valence-corrected chi connectivity index (χ4v) is 4.37. The largest absolute Gasteiger partial charge is 0.394 e. The van der Waals surface area contributed by atoms with Gasteiger partial charge >= 0.3 is 0 Å². The molecule has 1 unspecified atom stereocenters. The van der Waals surface area contributed by atoms with Gasteiger partial charge in [0.05, 0.1) is 18.1 Å². The van der Waals surface area contributed by atoms with Gasteiger partial charge in [0.15, 0.2) is 0 Å². The summed E-state index contributed by atoms with van der Waals surface area (Å²) in [7, 11) is -3.90. The Morgan fingerprint density at radius 3 is 1.83 bits per heavy atom. The topological polar surface area (TPSA) is 72.8 Å². The maximum absolute atomic E-state index is 12.3. The Morgan fingerprint density at radius 2 is 1.33 bits per heavy atom. The number of rotatable bonds is 19. The van der Waals surface area contributed by atoms with E-state index in [1.54, 1.807) is 12.1 Å². The molecule has 0 aliphatic rings. The molecule has 1 aromatic rings. The number of hydrogen-bond donors (Lipinski definition) is 1. The molecule has 5 nitrogen and oxygen atoms in total. The number of benzene rings is 1. The van der Waals surface area contributed by atoms with Crippen molar-refractivity contribution in [2.45, 2.75) is 102 Å². The average Bonchev–Trinajstić information content (AvgIpc) is 2.73. The van der Waals surface area contributed by atoms with Crippen LogP contribution in [0.25, 0.3) is 0 Å². The maximum Gasteiger partial charge on any atom is 0.297 e. The molecule has 0 fully saturated rings. The van der Waals surface area contributed by atoms with E-state index in [1.807, 2.05) is 6.92 Å². The minimum Gasteiger partial charge on any atom is -0.394 e. The van der Waals surface area contributed by atoms with Gasteiger partial charge in [0.25, 0.3) is 10.1 Å². The molecule has 1 rings (SSSR count). The molecule has 0 bridgehead atoms. The lowest BCUT2D eigenvalue weighted by molar-refractivity contribution is 0.0220. The van der Waals surface area contributed by atoms with Gasteiger partial charge in [-0.05, 0) is 25.5 Å². The zero-order chi connectivity index (χ0) is 22.1. The molecule has 0 saturated carbocycles. The van der Waals surface area contributed by atoms with Crippen LogP contribution in [0.5, 0.6) is 0 Å². The predicted octanol–water partition coefficient (Wildman–Crippen LogP) is 5.78. The van der Waals surface area contributed by atoms with E-state index in [0.717, 1.165) is 18.4 Å². The number of aryl methyl sites for hydroxylation is 1. The van der Waals surface area contributed by atoms with Crippen LogP contribution in [0.15, 0.2) is 29.2 Å². The summed E-state index contributed by atoms with van der Waals surface area (Å²) >= 11 is 0. The van der Waals surface area contributed by atoms with Gasteiger partial charge in [-0.15, -0.1) is 0 Å². The van der Waals surface area contributed by atoms with Gasteiger partial charge in [-0.2, -0.15) is 8.42 Å². The van der Waals surface area contributed by atoms with Crippen molar-refractivity contribution in [3.8, 4) is 0 Å². The molecule has 174 valence electrons. The number of hydrogen-bond acceptors (Lipinski definition) is 5. The zero-order valence-corrected chi connectivity index (χ0v) is 19.8. The SMILES string of the molecule is CCCCCCCCCCCCCCOCC(CO)OS(=O)(=O)c1ccc(C)cc1. The van der Waals surface area contributed by atoms with E-state index in [9.17, 15) is 13.5 Å². The van der Waals surface area contributed by atoms with Crippen molar-refractivity contribution in [3.05, 3.63) is 29.8 Å². The van der Waals surface area contributed by atoms with Crippen LogP contribution in [-0.2, 0) is 19.0 Å². The van der Waals surface area contributed by atoms with E-state index < -0.39 is 22.8 Å². The molecule has 0 heterocycles. The highest BCUT2D eigenvalue weighted by Crippen LogP contribution is 2.16. The molecule has 6 heteroatoms. The van der Waals surface area contributed by atoms with Gasteiger partial charge in [0.1, 0.15) is 6.10 Å². The smallest absolute Gasteiger partial charge is 0.297 e. The normalized spacial score (nSPS) is 12.9. The third-order valence-electron chi connectivity index (χ3n) is 5.22. The second-order valence-electron chi connectivity index (χ2n) is 8.13. The minimum absolute atomic E-state index is 0.0691. The molecule has 0 aliphatic carbocycles. The number of unbranched alkanes of at least 4 members (excludes halogenated alkanes) is 11. The minimum atomic E-state index is -3.90. The Kier molecular flexibility index (Phi) is 15.1. The summed E-state index contributed by atoms with van der Waals surface area (Å²) in [5, 5.41) is 9.41. The summed E-state index contributed by atoms with van der Waals surface area (Å²) in [4.78, 5) is 0.0903. The van der Waals surface area contributed by atoms with E-state index in [1.165, 1.54) is 76.3 Å². The van der Waals surface area contributed by atoms with Crippen LogP contribution < -0.4 is 0 Å². The number of ether oxygens (including phenoxy) is 1.